The molecule has 1 aliphatic heterocycles. The first-order valence-corrected chi connectivity index (χ1v) is 6.89. The molecule has 1 aromatic rings. The van der Waals surface area contributed by atoms with Gasteiger partial charge in [0.25, 0.3) is 5.92 Å². The Morgan fingerprint density at radius 2 is 1.78 bits per heavy atom. The molecule has 0 atom stereocenters. The van der Waals surface area contributed by atoms with Crippen molar-refractivity contribution in [2.45, 2.75) is 23.7 Å². The molecule has 1 aromatic carbocycles. The lowest BCUT2D eigenvalue weighted by molar-refractivity contribution is -0.0434. The highest BCUT2D eigenvalue weighted by atomic mass is 32.2. The number of alkyl halides is 2. The highest BCUT2D eigenvalue weighted by Crippen LogP contribution is 2.30. The van der Waals surface area contributed by atoms with Crippen molar-refractivity contribution in [1.29, 1.82) is 0 Å². The Morgan fingerprint density at radius 1 is 1.17 bits per heavy atom. The summed E-state index contributed by atoms with van der Waals surface area (Å²) in [6, 6.07) is 4.15. The van der Waals surface area contributed by atoms with Crippen LogP contribution in [0.4, 0.5) is 13.2 Å². The van der Waals surface area contributed by atoms with E-state index in [1.54, 1.807) is 0 Å². The molecule has 0 amide bonds. The van der Waals surface area contributed by atoms with Gasteiger partial charge >= 0.3 is 0 Å². The molecule has 0 aromatic heterocycles. The number of hydrogen-bond acceptors (Lipinski definition) is 2. The number of nitrogens with zero attached hydrogens (tertiary/aromatic N) is 1. The Balaban J connectivity index is 2.28. The highest BCUT2D eigenvalue weighted by Gasteiger charge is 2.40. The van der Waals surface area contributed by atoms with Crippen LogP contribution in [0.2, 0.25) is 0 Å². The molecule has 0 spiro atoms. The Morgan fingerprint density at radius 3 is 2.33 bits per heavy atom. The van der Waals surface area contributed by atoms with Crippen molar-refractivity contribution in [2.24, 2.45) is 0 Å². The lowest BCUT2D eigenvalue weighted by Gasteiger charge is -2.31. The van der Waals surface area contributed by atoms with Crippen molar-refractivity contribution in [3.63, 3.8) is 0 Å². The largest absolute Gasteiger partial charge is 0.261 e. The molecule has 0 saturated carbocycles. The van der Waals surface area contributed by atoms with Crippen LogP contribution in [-0.2, 0) is 10.0 Å². The van der Waals surface area contributed by atoms with E-state index < -0.39 is 28.3 Å². The standard InChI is InChI=1S/C11H12F3NO2S/c12-9-2-4-10(5-3-9)18(16,17)15-7-1-6-11(13,14)8-15/h2-5H,1,6-8H2. The number of rotatable bonds is 2. The van der Waals surface area contributed by atoms with E-state index in [0.29, 0.717) is 0 Å². The summed E-state index contributed by atoms with van der Waals surface area (Å²) in [5.74, 6) is -3.57. The van der Waals surface area contributed by atoms with E-state index in [1.165, 1.54) is 0 Å². The summed E-state index contributed by atoms with van der Waals surface area (Å²) < 4.78 is 64.0. The Hall–Kier alpha value is -1.08. The summed E-state index contributed by atoms with van der Waals surface area (Å²) in [4.78, 5) is -0.165. The van der Waals surface area contributed by atoms with Crippen LogP contribution in [0.3, 0.4) is 0 Å². The van der Waals surface area contributed by atoms with Gasteiger partial charge in [-0.25, -0.2) is 21.6 Å². The second kappa shape index (κ2) is 4.55. The monoisotopic (exact) mass is 279 g/mol. The van der Waals surface area contributed by atoms with Gasteiger partial charge in [0.1, 0.15) is 5.82 Å². The molecule has 0 radical (unpaired) electrons. The Labute approximate surface area is 103 Å². The predicted octanol–water partition coefficient (Wildman–Crippen LogP) is 2.25. The predicted molar refractivity (Wildman–Crippen MR) is 59.3 cm³/mol. The Kier molecular flexibility index (Phi) is 3.37. The second-order valence-electron chi connectivity index (χ2n) is 4.25. The van der Waals surface area contributed by atoms with Crippen molar-refractivity contribution in [1.82, 2.24) is 4.31 Å². The number of halogens is 3. The molecular formula is C11H12F3NO2S. The summed E-state index contributed by atoms with van der Waals surface area (Å²) in [6.45, 7) is -0.748. The van der Waals surface area contributed by atoms with Crippen LogP contribution in [0.25, 0.3) is 0 Å². The third-order valence-electron chi connectivity index (χ3n) is 2.81. The summed E-state index contributed by atoms with van der Waals surface area (Å²) >= 11 is 0. The first-order valence-electron chi connectivity index (χ1n) is 5.45. The van der Waals surface area contributed by atoms with Crippen LogP contribution < -0.4 is 0 Å². The zero-order chi connectivity index (χ0) is 13.4. The first-order chi connectivity index (χ1) is 8.31. The van der Waals surface area contributed by atoms with Crippen LogP contribution in [-0.4, -0.2) is 31.7 Å². The third-order valence-corrected chi connectivity index (χ3v) is 4.67. The van der Waals surface area contributed by atoms with Gasteiger partial charge in [0.15, 0.2) is 0 Å². The second-order valence-corrected chi connectivity index (χ2v) is 6.19. The van der Waals surface area contributed by atoms with E-state index in [-0.39, 0.29) is 24.3 Å². The Bertz CT molecular complexity index is 528. The van der Waals surface area contributed by atoms with E-state index in [1.807, 2.05) is 0 Å². The van der Waals surface area contributed by atoms with Crippen molar-refractivity contribution < 1.29 is 21.6 Å². The van der Waals surface area contributed by atoms with E-state index in [2.05, 4.69) is 0 Å². The summed E-state index contributed by atoms with van der Waals surface area (Å²) in [5.41, 5.74) is 0. The normalized spacial score (nSPS) is 20.8. The summed E-state index contributed by atoms with van der Waals surface area (Å²) in [5, 5.41) is 0. The molecule has 0 unspecified atom stereocenters. The molecule has 0 bridgehead atoms. The van der Waals surface area contributed by atoms with Crippen molar-refractivity contribution in [3.05, 3.63) is 30.1 Å². The minimum absolute atomic E-state index is 0.0648. The highest BCUT2D eigenvalue weighted by molar-refractivity contribution is 7.89. The number of hydrogen-bond donors (Lipinski definition) is 0. The number of piperidine rings is 1. The van der Waals surface area contributed by atoms with Crippen LogP contribution in [0, 0.1) is 5.82 Å². The van der Waals surface area contributed by atoms with Crippen molar-refractivity contribution in [2.75, 3.05) is 13.1 Å². The molecule has 0 N–H and O–H groups in total. The smallest absolute Gasteiger partial charge is 0.207 e. The van der Waals surface area contributed by atoms with Gasteiger partial charge in [-0.1, -0.05) is 0 Å². The van der Waals surface area contributed by atoms with E-state index in [9.17, 15) is 21.6 Å². The molecule has 1 heterocycles. The van der Waals surface area contributed by atoms with Crippen molar-refractivity contribution >= 4 is 10.0 Å². The van der Waals surface area contributed by atoms with Crippen molar-refractivity contribution in [3.8, 4) is 0 Å². The fourth-order valence-corrected chi connectivity index (χ4v) is 3.40. The summed E-state index contributed by atoms with van der Waals surface area (Å²) in [6.07, 6.45) is -0.185. The average Bonchev–Trinajstić information content (AvgIpc) is 2.28. The molecule has 1 fully saturated rings. The molecule has 3 nitrogen and oxygen atoms in total. The quantitative estimate of drug-likeness (QED) is 0.832. The van der Waals surface area contributed by atoms with E-state index >= 15 is 0 Å². The molecule has 7 heteroatoms. The maximum Gasteiger partial charge on any atom is 0.261 e. The van der Waals surface area contributed by atoms with Gasteiger partial charge in [0, 0.05) is 13.0 Å². The molecular weight excluding hydrogens is 267 g/mol. The average molecular weight is 279 g/mol. The maximum absolute atomic E-state index is 13.2. The van der Waals surface area contributed by atoms with Gasteiger partial charge in [-0.15, -0.1) is 0 Å². The van der Waals surface area contributed by atoms with Gasteiger partial charge in [0.2, 0.25) is 10.0 Å². The maximum atomic E-state index is 13.2. The van der Waals surface area contributed by atoms with Gasteiger partial charge in [-0.2, -0.15) is 4.31 Å². The minimum atomic E-state index is -3.96. The first kappa shape index (κ1) is 13.4. The molecule has 100 valence electrons. The zero-order valence-corrected chi connectivity index (χ0v) is 10.3. The fourth-order valence-electron chi connectivity index (χ4n) is 1.89. The number of sulfonamides is 1. The third kappa shape index (κ3) is 2.67. The van der Waals surface area contributed by atoms with Gasteiger partial charge in [0.05, 0.1) is 11.4 Å². The SMILES string of the molecule is O=S(=O)(c1ccc(F)cc1)N1CCCC(F)(F)C1. The molecule has 2 rings (SSSR count). The van der Waals surface area contributed by atoms with Crippen LogP contribution in [0.1, 0.15) is 12.8 Å². The fraction of sp³-hybridized carbons (Fsp3) is 0.455. The molecule has 0 aliphatic carbocycles. The van der Waals surface area contributed by atoms with E-state index in [4.69, 9.17) is 0 Å². The minimum Gasteiger partial charge on any atom is -0.207 e. The van der Waals surface area contributed by atoms with Crippen LogP contribution in [0.5, 0.6) is 0 Å². The molecule has 18 heavy (non-hydrogen) atoms. The van der Waals surface area contributed by atoms with Crippen LogP contribution in [0.15, 0.2) is 29.2 Å². The topological polar surface area (TPSA) is 37.4 Å². The lowest BCUT2D eigenvalue weighted by atomic mass is 10.1. The van der Waals surface area contributed by atoms with Gasteiger partial charge < -0.3 is 0 Å². The van der Waals surface area contributed by atoms with Gasteiger partial charge in [-0.05, 0) is 30.7 Å². The molecule has 1 aliphatic rings. The summed E-state index contributed by atoms with van der Waals surface area (Å²) in [7, 11) is -3.96. The molecule has 1 saturated heterocycles. The zero-order valence-electron chi connectivity index (χ0n) is 9.44. The van der Waals surface area contributed by atoms with Gasteiger partial charge in [-0.3, -0.25) is 0 Å². The van der Waals surface area contributed by atoms with E-state index in [0.717, 1.165) is 28.6 Å². The number of benzene rings is 1. The lowest BCUT2D eigenvalue weighted by Crippen LogP contribution is -2.45. The van der Waals surface area contributed by atoms with Crippen LogP contribution >= 0.6 is 0 Å².